The number of anilines is 1. The van der Waals surface area contributed by atoms with Crippen LogP contribution in [0.5, 0.6) is 0 Å². The predicted molar refractivity (Wildman–Crippen MR) is 83.9 cm³/mol. The average Bonchev–Trinajstić information content (AvgIpc) is 2.40. The Balaban J connectivity index is 2.51. The molecule has 1 N–H and O–H groups in total. The lowest BCUT2D eigenvalue weighted by Crippen LogP contribution is -2.01. The third-order valence-corrected chi connectivity index (χ3v) is 3.34. The summed E-state index contributed by atoms with van der Waals surface area (Å²) in [6.07, 6.45) is 4.50. The van der Waals surface area contributed by atoms with E-state index < -0.39 is 0 Å². The van der Waals surface area contributed by atoms with Crippen molar-refractivity contribution in [3.8, 4) is 0 Å². The molecule has 0 bridgehead atoms. The van der Waals surface area contributed by atoms with Crippen molar-refractivity contribution < 1.29 is 0 Å². The number of nitrogens with one attached hydrogen (secondary N) is 1. The highest BCUT2D eigenvalue weighted by Crippen LogP contribution is 2.25. The van der Waals surface area contributed by atoms with Crippen LogP contribution in [-0.4, -0.2) is 11.5 Å². The fourth-order valence-corrected chi connectivity index (χ4v) is 2.49. The zero-order valence-electron chi connectivity index (χ0n) is 12.3. The SMILES string of the molecule is CCCc1ccc2nc(CCC)cc(NCC)c2c1. The molecule has 2 heteroatoms. The number of aryl methyl sites for hydroxylation is 2. The summed E-state index contributed by atoms with van der Waals surface area (Å²) in [5.74, 6) is 0. The van der Waals surface area contributed by atoms with Gasteiger partial charge in [0, 0.05) is 23.3 Å². The first-order valence-electron chi connectivity index (χ1n) is 7.44. The smallest absolute Gasteiger partial charge is 0.0726 e. The molecule has 0 saturated carbocycles. The Bertz CT molecular complexity index is 546. The first-order chi connectivity index (χ1) is 9.28. The quantitative estimate of drug-likeness (QED) is 0.818. The summed E-state index contributed by atoms with van der Waals surface area (Å²) in [6.45, 7) is 7.51. The Morgan fingerprint density at radius 2 is 1.79 bits per heavy atom. The van der Waals surface area contributed by atoms with Crippen molar-refractivity contribution in [3.05, 3.63) is 35.5 Å². The summed E-state index contributed by atoms with van der Waals surface area (Å²) in [6, 6.07) is 8.88. The van der Waals surface area contributed by atoms with Gasteiger partial charge in [0.2, 0.25) is 0 Å². The van der Waals surface area contributed by atoms with E-state index in [4.69, 9.17) is 4.98 Å². The fraction of sp³-hybridized carbons (Fsp3) is 0.471. The van der Waals surface area contributed by atoms with E-state index in [-0.39, 0.29) is 0 Å². The Morgan fingerprint density at radius 1 is 1.00 bits per heavy atom. The van der Waals surface area contributed by atoms with Crippen LogP contribution in [0.4, 0.5) is 5.69 Å². The van der Waals surface area contributed by atoms with Crippen LogP contribution in [-0.2, 0) is 12.8 Å². The molecule has 1 aromatic carbocycles. The van der Waals surface area contributed by atoms with Crippen LogP contribution in [0.3, 0.4) is 0 Å². The maximum atomic E-state index is 4.77. The number of aromatic nitrogens is 1. The lowest BCUT2D eigenvalue weighted by Gasteiger charge is -2.11. The highest BCUT2D eigenvalue weighted by molar-refractivity contribution is 5.92. The van der Waals surface area contributed by atoms with Gasteiger partial charge in [0.05, 0.1) is 5.52 Å². The summed E-state index contributed by atoms with van der Waals surface area (Å²) < 4.78 is 0. The van der Waals surface area contributed by atoms with Crippen molar-refractivity contribution in [2.24, 2.45) is 0 Å². The minimum absolute atomic E-state index is 0.947. The van der Waals surface area contributed by atoms with E-state index in [9.17, 15) is 0 Å². The topological polar surface area (TPSA) is 24.9 Å². The van der Waals surface area contributed by atoms with E-state index in [1.807, 2.05) is 0 Å². The van der Waals surface area contributed by atoms with Gasteiger partial charge in [-0.1, -0.05) is 32.8 Å². The normalized spacial score (nSPS) is 10.9. The third kappa shape index (κ3) is 3.25. The molecule has 2 aromatic rings. The number of benzene rings is 1. The van der Waals surface area contributed by atoms with Crippen LogP contribution in [0, 0.1) is 0 Å². The molecule has 2 nitrogen and oxygen atoms in total. The molecule has 1 heterocycles. The van der Waals surface area contributed by atoms with E-state index in [0.717, 1.165) is 31.3 Å². The Hall–Kier alpha value is -1.57. The molecule has 1 aromatic heterocycles. The van der Waals surface area contributed by atoms with Crippen LogP contribution < -0.4 is 5.32 Å². The van der Waals surface area contributed by atoms with Crippen LogP contribution in [0.15, 0.2) is 24.3 Å². The first-order valence-corrected chi connectivity index (χ1v) is 7.44. The molecule has 0 spiro atoms. The molecule has 0 aliphatic heterocycles. The molecule has 0 unspecified atom stereocenters. The van der Waals surface area contributed by atoms with Crippen molar-refractivity contribution in [2.75, 3.05) is 11.9 Å². The molecule has 0 amide bonds. The number of hydrogen-bond acceptors (Lipinski definition) is 2. The standard InChI is InChI=1S/C17H24N2/c1-4-7-13-9-10-16-15(11-13)17(18-6-3)12-14(19-16)8-5-2/h9-12H,4-8H2,1-3H3,(H,18,19). The maximum absolute atomic E-state index is 4.77. The average molecular weight is 256 g/mol. The van der Waals surface area contributed by atoms with Crippen LogP contribution in [0.2, 0.25) is 0 Å². The molecule has 0 radical (unpaired) electrons. The number of nitrogens with zero attached hydrogens (tertiary/aromatic N) is 1. The lowest BCUT2D eigenvalue weighted by atomic mass is 10.0. The van der Waals surface area contributed by atoms with Gasteiger partial charge in [-0.3, -0.25) is 4.98 Å². The molecular formula is C17H24N2. The van der Waals surface area contributed by atoms with Crippen molar-refractivity contribution in [1.29, 1.82) is 0 Å². The summed E-state index contributed by atoms with van der Waals surface area (Å²) in [5.41, 5.74) is 4.93. The van der Waals surface area contributed by atoms with E-state index in [2.05, 4.69) is 50.4 Å². The summed E-state index contributed by atoms with van der Waals surface area (Å²) in [5, 5.41) is 4.74. The van der Waals surface area contributed by atoms with Gasteiger partial charge in [0.25, 0.3) is 0 Å². The van der Waals surface area contributed by atoms with Gasteiger partial charge in [-0.25, -0.2) is 0 Å². The van der Waals surface area contributed by atoms with Gasteiger partial charge in [-0.15, -0.1) is 0 Å². The number of hydrogen-bond donors (Lipinski definition) is 1. The number of rotatable bonds is 6. The molecule has 0 atom stereocenters. The molecule has 0 aliphatic rings. The van der Waals surface area contributed by atoms with Gasteiger partial charge < -0.3 is 5.32 Å². The summed E-state index contributed by atoms with van der Waals surface area (Å²) in [7, 11) is 0. The highest BCUT2D eigenvalue weighted by atomic mass is 14.9. The monoisotopic (exact) mass is 256 g/mol. The third-order valence-electron chi connectivity index (χ3n) is 3.34. The molecule has 0 fully saturated rings. The largest absolute Gasteiger partial charge is 0.385 e. The van der Waals surface area contributed by atoms with Crippen molar-refractivity contribution in [3.63, 3.8) is 0 Å². The van der Waals surface area contributed by atoms with Gasteiger partial charge in [-0.2, -0.15) is 0 Å². The van der Waals surface area contributed by atoms with E-state index in [1.165, 1.54) is 28.8 Å². The van der Waals surface area contributed by atoms with E-state index in [1.54, 1.807) is 0 Å². The van der Waals surface area contributed by atoms with Crippen LogP contribution in [0.1, 0.15) is 44.9 Å². The van der Waals surface area contributed by atoms with Crippen molar-refractivity contribution in [1.82, 2.24) is 4.98 Å². The maximum Gasteiger partial charge on any atom is 0.0726 e. The molecule has 0 aliphatic carbocycles. The van der Waals surface area contributed by atoms with E-state index in [0.29, 0.717) is 0 Å². The van der Waals surface area contributed by atoms with Gasteiger partial charge in [0.1, 0.15) is 0 Å². The second-order valence-corrected chi connectivity index (χ2v) is 5.04. The zero-order valence-corrected chi connectivity index (χ0v) is 12.3. The molecule has 2 rings (SSSR count). The Morgan fingerprint density at radius 3 is 2.47 bits per heavy atom. The van der Waals surface area contributed by atoms with Crippen molar-refractivity contribution in [2.45, 2.75) is 46.5 Å². The molecule has 102 valence electrons. The second-order valence-electron chi connectivity index (χ2n) is 5.04. The highest BCUT2D eigenvalue weighted by Gasteiger charge is 2.06. The molecule has 0 saturated heterocycles. The Kier molecular flexibility index (Phi) is 4.78. The first kappa shape index (κ1) is 13.9. The minimum atomic E-state index is 0.947. The second kappa shape index (κ2) is 6.55. The minimum Gasteiger partial charge on any atom is -0.385 e. The van der Waals surface area contributed by atoms with Gasteiger partial charge in [0.15, 0.2) is 0 Å². The Labute approximate surface area is 116 Å². The zero-order chi connectivity index (χ0) is 13.7. The summed E-state index contributed by atoms with van der Waals surface area (Å²) in [4.78, 5) is 4.77. The number of fused-ring (bicyclic) bond motifs is 1. The lowest BCUT2D eigenvalue weighted by molar-refractivity contribution is 0.889. The van der Waals surface area contributed by atoms with Crippen molar-refractivity contribution >= 4 is 16.6 Å². The van der Waals surface area contributed by atoms with Crippen LogP contribution >= 0.6 is 0 Å². The van der Waals surface area contributed by atoms with Gasteiger partial charge >= 0.3 is 0 Å². The number of pyridine rings is 1. The van der Waals surface area contributed by atoms with Crippen LogP contribution in [0.25, 0.3) is 10.9 Å². The predicted octanol–water partition coefficient (Wildman–Crippen LogP) is 4.57. The molecule has 19 heavy (non-hydrogen) atoms. The van der Waals surface area contributed by atoms with E-state index >= 15 is 0 Å². The fourth-order valence-electron chi connectivity index (χ4n) is 2.49. The molecular weight excluding hydrogens is 232 g/mol. The van der Waals surface area contributed by atoms with Gasteiger partial charge in [-0.05, 0) is 43.5 Å². The summed E-state index contributed by atoms with van der Waals surface area (Å²) >= 11 is 0.